The van der Waals surface area contributed by atoms with E-state index in [9.17, 15) is 9.59 Å². The van der Waals surface area contributed by atoms with Crippen LogP contribution in [0.4, 0.5) is 0 Å². The maximum absolute atomic E-state index is 12.5. The zero-order chi connectivity index (χ0) is 21.3. The van der Waals surface area contributed by atoms with Gasteiger partial charge in [0.1, 0.15) is 12.1 Å². The Labute approximate surface area is 172 Å². The van der Waals surface area contributed by atoms with Gasteiger partial charge in [0, 0.05) is 28.4 Å². The van der Waals surface area contributed by atoms with Gasteiger partial charge >= 0.3 is 0 Å². The predicted octanol–water partition coefficient (Wildman–Crippen LogP) is 3.69. The molecule has 0 radical (unpaired) electrons. The number of hydrogen-bond acceptors (Lipinski definition) is 2. The molecule has 1 saturated heterocycles. The minimum atomic E-state index is -0.585. The molecule has 0 bridgehead atoms. The molecule has 1 aliphatic rings. The molecular weight excluding hydrogens is 362 g/mol. The lowest BCUT2D eigenvalue weighted by atomic mass is 9.84. The normalized spacial score (nSPS) is 19.6. The molecule has 0 spiro atoms. The van der Waals surface area contributed by atoms with Crippen LogP contribution in [-0.4, -0.2) is 28.9 Å². The Balaban J connectivity index is 2.08. The molecule has 3 N–H and O–H groups in total. The first-order chi connectivity index (χ1) is 13.6. The molecule has 1 fully saturated rings. The third-order valence-corrected chi connectivity index (χ3v) is 5.66. The molecule has 2 atom stereocenters. The van der Waals surface area contributed by atoms with E-state index in [4.69, 9.17) is 0 Å². The van der Waals surface area contributed by atoms with Crippen LogP contribution in [0.2, 0.25) is 0 Å². The second-order valence-corrected chi connectivity index (χ2v) is 8.77. The van der Waals surface area contributed by atoms with Crippen LogP contribution < -0.4 is 10.6 Å². The van der Waals surface area contributed by atoms with E-state index >= 15 is 0 Å². The zero-order valence-electron chi connectivity index (χ0n) is 18.0. The quantitative estimate of drug-likeness (QED) is 0.655. The van der Waals surface area contributed by atoms with Gasteiger partial charge in [-0.25, -0.2) is 0 Å². The van der Waals surface area contributed by atoms with Crippen LogP contribution in [0.1, 0.15) is 51.4 Å². The van der Waals surface area contributed by atoms with Crippen LogP contribution in [0.15, 0.2) is 42.5 Å². The molecule has 1 aromatic heterocycles. The number of hydrogen-bond donors (Lipinski definition) is 3. The number of aromatic amines is 1. The van der Waals surface area contributed by atoms with Gasteiger partial charge in [0.15, 0.2) is 0 Å². The first kappa shape index (κ1) is 20.9. The van der Waals surface area contributed by atoms with Crippen LogP contribution in [0.3, 0.4) is 0 Å². The molecule has 2 amide bonds. The van der Waals surface area contributed by atoms with Gasteiger partial charge in [-0.15, -0.1) is 6.58 Å². The fourth-order valence-corrected chi connectivity index (χ4v) is 3.70. The highest BCUT2D eigenvalue weighted by atomic mass is 16.2. The summed E-state index contributed by atoms with van der Waals surface area (Å²) in [6.07, 6.45) is 5.41. The van der Waals surface area contributed by atoms with Crippen LogP contribution in [0, 0.1) is 0 Å². The standard InChI is InChI=1S/C24H31N3O2/c1-7-24(5,6)21-18(13-20-23(29)25-15(4)22(28)27-20)17-12-16(9-8-14(2)3)10-11-19(17)26-21/h7-8,10-12,15,20,26H,1,9,13H2,2-6H3,(H,25,29)(H,27,28). The highest BCUT2D eigenvalue weighted by Crippen LogP contribution is 2.34. The van der Waals surface area contributed by atoms with Gasteiger partial charge in [0.25, 0.3) is 0 Å². The smallest absolute Gasteiger partial charge is 0.243 e. The van der Waals surface area contributed by atoms with E-state index in [0.717, 1.165) is 28.6 Å². The number of fused-ring (bicyclic) bond motifs is 1. The summed E-state index contributed by atoms with van der Waals surface area (Å²) in [5.74, 6) is -0.294. The molecule has 0 saturated carbocycles. The molecule has 2 unspecified atom stereocenters. The fourth-order valence-electron chi connectivity index (χ4n) is 3.70. The highest BCUT2D eigenvalue weighted by molar-refractivity contribution is 5.97. The highest BCUT2D eigenvalue weighted by Gasteiger charge is 2.33. The fraction of sp³-hybridized carbons (Fsp3) is 0.417. The summed E-state index contributed by atoms with van der Waals surface area (Å²) in [6.45, 7) is 14.1. The number of allylic oxidation sites excluding steroid dienone is 3. The van der Waals surface area contributed by atoms with Crippen molar-refractivity contribution in [2.24, 2.45) is 0 Å². The molecular formula is C24H31N3O2. The average Bonchev–Trinajstić information content (AvgIpc) is 3.03. The summed E-state index contributed by atoms with van der Waals surface area (Å²) in [6, 6.07) is 5.33. The summed E-state index contributed by atoms with van der Waals surface area (Å²) in [5, 5.41) is 6.73. The van der Waals surface area contributed by atoms with Crippen molar-refractivity contribution in [1.29, 1.82) is 0 Å². The summed E-state index contributed by atoms with van der Waals surface area (Å²) in [5.41, 5.74) is 5.32. The van der Waals surface area contributed by atoms with E-state index in [1.165, 1.54) is 11.1 Å². The van der Waals surface area contributed by atoms with Crippen molar-refractivity contribution in [2.45, 2.75) is 65.0 Å². The van der Waals surface area contributed by atoms with Crippen LogP contribution in [-0.2, 0) is 27.8 Å². The van der Waals surface area contributed by atoms with Crippen LogP contribution in [0.5, 0.6) is 0 Å². The minimum Gasteiger partial charge on any atom is -0.357 e. The van der Waals surface area contributed by atoms with Crippen LogP contribution in [0.25, 0.3) is 10.9 Å². The first-order valence-electron chi connectivity index (χ1n) is 10.1. The van der Waals surface area contributed by atoms with Gasteiger partial charge in [0.2, 0.25) is 11.8 Å². The van der Waals surface area contributed by atoms with Gasteiger partial charge in [-0.05, 0) is 50.5 Å². The third-order valence-electron chi connectivity index (χ3n) is 5.66. The SMILES string of the molecule is C=CC(C)(C)c1[nH]c2ccc(CC=C(C)C)cc2c1CC1NC(=O)C(C)NC1=O. The number of rotatable bonds is 6. The van der Waals surface area contributed by atoms with Crippen molar-refractivity contribution in [3.63, 3.8) is 0 Å². The van der Waals surface area contributed by atoms with Crippen molar-refractivity contribution in [2.75, 3.05) is 0 Å². The van der Waals surface area contributed by atoms with Gasteiger partial charge in [-0.2, -0.15) is 0 Å². The van der Waals surface area contributed by atoms with Crippen molar-refractivity contribution in [3.8, 4) is 0 Å². The van der Waals surface area contributed by atoms with E-state index in [-0.39, 0.29) is 17.2 Å². The van der Waals surface area contributed by atoms with Gasteiger partial charge < -0.3 is 15.6 Å². The van der Waals surface area contributed by atoms with E-state index in [1.54, 1.807) is 6.92 Å². The van der Waals surface area contributed by atoms with Crippen molar-refractivity contribution in [1.82, 2.24) is 15.6 Å². The van der Waals surface area contributed by atoms with Gasteiger partial charge in [-0.1, -0.05) is 37.6 Å². The minimum absolute atomic E-state index is 0.144. The van der Waals surface area contributed by atoms with Gasteiger partial charge in [0.05, 0.1) is 0 Å². The van der Waals surface area contributed by atoms with Crippen molar-refractivity contribution in [3.05, 3.63) is 59.3 Å². The maximum Gasteiger partial charge on any atom is 0.243 e. The molecule has 1 aliphatic heterocycles. The lowest BCUT2D eigenvalue weighted by molar-refractivity contribution is -0.136. The Morgan fingerprint density at radius 1 is 1.17 bits per heavy atom. The molecule has 2 heterocycles. The topological polar surface area (TPSA) is 74.0 Å². The average molecular weight is 394 g/mol. The lowest BCUT2D eigenvalue weighted by Crippen LogP contribution is -2.61. The summed E-state index contributed by atoms with van der Waals surface area (Å²) >= 11 is 0. The van der Waals surface area contributed by atoms with E-state index < -0.39 is 12.1 Å². The van der Waals surface area contributed by atoms with E-state index in [2.05, 4.69) is 74.2 Å². The van der Waals surface area contributed by atoms with Gasteiger partial charge in [-0.3, -0.25) is 9.59 Å². The molecule has 29 heavy (non-hydrogen) atoms. The van der Waals surface area contributed by atoms with Crippen molar-refractivity contribution < 1.29 is 9.59 Å². The molecule has 5 nitrogen and oxygen atoms in total. The predicted molar refractivity (Wildman–Crippen MR) is 118 cm³/mol. The molecule has 154 valence electrons. The Bertz CT molecular complexity index is 993. The number of carbonyl (C=O) groups is 2. The number of nitrogens with one attached hydrogen (secondary N) is 3. The van der Waals surface area contributed by atoms with E-state index in [0.29, 0.717) is 6.42 Å². The summed E-state index contributed by atoms with van der Waals surface area (Å²) < 4.78 is 0. The molecule has 3 rings (SSSR count). The Kier molecular flexibility index (Phi) is 5.69. The second kappa shape index (κ2) is 7.90. The first-order valence-corrected chi connectivity index (χ1v) is 10.1. The largest absolute Gasteiger partial charge is 0.357 e. The van der Waals surface area contributed by atoms with Crippen molar-refractivity contribution >= 4 is 22.7 Å². The molecule has 2 aromatic rings. The molecule has 1 aromatic carbocycles. The number of amides is 2. The monoisotopic (exact) mass is 393 g/mol. The number of aromatic nitrogens is 1. The molecule has 5 heteroatoms. The number of H-pyrrole nitrogens is 1. The zero-order valence-corrected chi connectivity index (χ0v) is 18.0. The Morgan fingerprint density at radius 2 is 1.90 bits per heavy atom. The second-order valence-electron chi connectivity index (χ2n) is 8.77. The number of carbonyl (C=O) groups excluding carboxylic acids is 2. The Hall–Kier alpha value is -2.82. The summed E-state index contributed by atoms with van der Waals surface area (Å²) in [4.78, 5) is 28.2. The number of benzene rings is 1. The number of piperazine rings is 1. The lowest BCUT2D eigenvalue weighted by Gasteiger charge is -2.29. The maximum atomic E-state index is 12.5. The molecule has 0 aliphatic carbocycles. The summed E-state index contributed by atoms with van der Waals surface area (Å²) in [7, 11) is 0. The third kappa shape index (κ3) is 4.29. The van der Waals surface area contributed by atoms with Crippen LogP contribution >= 0.6 is 0 Å². The Morgan fingerprint density at radius 3 is 2.55 bits per heavy atom. The van der Waals surface area contributed by atoms with E-state index in [1.807, 2.05) is 6.08 Å².